The van der Waals surface area contributed by atoms with Gasteiger partial charge in [0.05, 0.1) is 14.2 Å². The lowest BCUT2D eigenvalue weighted by atomic mass is 9.76. The number of nitrogens with zero attached hydrogens (tertiary/aromatic N) is 1. The fourth-order valence-corrected chi connectivity index (χ4v) is 4.81. The molecule has 0 saturated heterocycles. The zero-order valence-electron chi connectivity index (χ0n) is 21.0. The summed E-state index contributed by atoms with van der Waals surface area (Å²) in [4.78, 5) is 16.9. The Balaban J connectivity index is 1.83. The van der Waals surface area contributed by atoms with Crippen molar-refractivity contribution in [3.63, 3.8) is 0 Å². The Kier molecular flexibility index (Phi) is 6.51. The summed E-state index contributed by atoms with van der Waals surface area (Å²) in [5.41, 5.74) is 8.73. The Morgan fingerprint density at radius 3 is 2.13 bits per heavy atom. The van der Waals surface area contributed by atoms with Crippen LogP contribution < -0.4 is 19.9 Å². The molecule has 1 heterocycles. The third kappa shape index (κ3) is 4.46. The summed E-state index contributed by atoms with van der Waals surface area (Å²) in [6, 6.07) is 26.5. The van der Waals surface area contributed by atoms with Gasteiger partial charge < -0.3 is 19.9 Å². The summed E-state index contributed by atoms with van der Waals surface area (Å²) in [6.45, 7) is 0. The number of ether oxygens (including phenoxy) is 3. The van der Waals surface area contributed by atoms with Gasteiger partial charge in [-0.3, -0.25) is 0 Å². The van der Waals surface area contributed by atoms with E-state index in [1.807, 2.05) is 36.4 Å². The average molecular weight is 533 g/mol. The Morgan fingerprint density at radius 1 is 0.821 bits per heavy atom. The number of fused-ring (bicyclic) bond motifs is 1. The van der Waals surface area contributed by atoms with Crippen LogP contribution in [0.15, 0.2) is 96.0 Å². The van der Waals surface area contributed by atoms with Crippen LogP contribution in [0, 0.1) is 0 Å². The average Bonchev–Trinajstić information content (AvgIpc) is 3.26. The minimum atomic E-state index is -5.20. The molecule has 1 unspecified atom stereocenters. The molecule has 1 atom stereocenters. The number of methoxy groups -OCH3 is 2. The molecule has 0 bridgehead atoms. The topological polar surface area (TPSA) is 83.1 Å². The number of carbonyl (C=O) groups is 1. The number of hydrogen-bond acceptors (Lipinski definition) is 6. The van der Waals surface area contributed by atoms with Crippen LogP contribution in [0.2, 0.25) is 0 Å². The summed E-state index contributed by atoms with van der Waals surface area (Å²) >= 11 is 0. The number of benzene rings is 4. The molecule has 0 spiro atoms. The molecule has 6 nitrogen and oxygen atoms in total. The maximum atomic E-state index is 13.2. The maximum Gasteiger partial charge on any atom is 0.491 e. The van der Waals surface area contributed by atoms with E-state index in [0.29, 0.717) is 22.7 Å². The van der Waals surface area contributed by atoms with E-state index >= 15 is 0 Å². The van der Waals surface area contributed by atoms with Gasteiger partial charge in [0.25, 0.3) is 0 Å². The summed E-state index contributed by atoms with van der Waals surface area (Å²) in [6.07, 6.45) is -5.20. The van der Waals surface area contributed by atoms with Crippen LogP contribution in [0.5, 0.6) is 17.2 Å². The van der Waals surface area contributed by atoms with E-state index in [9.17, 15) is 18.0 Å². The molecule has 198 valence electrons. The fourth-order valence-electron chi connectivity index (χ4n) is 4.81. The minimum absolute atomic E-state index is 0.0741. The molecular weight excluding hydrogens is 509 g/mol. The number of aliphatic imine (C=N–C) groups is 1. The zero-order chi connectivity index (χ0) is 27.8. The lowest BCUT2D eigenvalue weighted by Gasteiger charge is -2.30. The molecule has 5 rings (SSSR count). The maximum absolute atomic E-state index is 13.2. The van der Waals surface area contributed by atoms with E-state index in [1.165, 1.54) is 13.2 Å². The Morgan fingerprint density at radius 2 is 1.49 bits per heavy atom. The second-order valence-corrected chi connectivity index (χ2v) is 8.79. The van der Waals surface area contributed by atoms with E-state index in [-0.39, 0.29) is 17.1 Å². The van der Waals surface area contributed by atoms with Crippen molar-refractivity contribution < 1.29 is 32.2 Å². The van der Waals surface area contributed by atoms with Gasteiger partial charge in [-0.1, -0.05) is 66.7 Å². The minimum Gasteiger partial charge on any atom is -0.497 e. The van der Waals surface area contributed by atoms with Crippen molar-refractivity contribution in [1.29, 1.82) is 0 Å². The number of halogens is 3. The highest BCUT2D eigenvalue weighted by atomic mass is 19.4. The van der Waals surface area contributed by atoms with Gasteiger partial charge in [-0.05, 0) is 46.5 Å². The van der Waals surface area contributed by atoms with Gasteiger partial charge in [0.1, 0.15) is 17.1 Å². The standard InChI is InChI=1S/C30H23F3N2O4/c1-37-21-14-12-19(13-15-21)29(24-11-7-6-10-22(24)27(34)35-29)20-16-23(18-8-4-3-5-9-18)26(25(17-20)38-2)39-28(36)30(31,32)33/h3-17H,1-2H3,(H2,34,35). The molecule has 0 fully saturated rings. The van der Waals surface area contributed by atoms with E-state index in [2.05, 4.69) is 0 Å². The monoisotopic (exact) mass is 532 g/mol. The van der Waals surface area contributed by atoms with Crippen LogP contribution in [-0.2, 0) is 10.3 Å². The summed E-state index contributed by atoms with van der Waals surface area (Å²) < 4.78 is 55.4. The third-order valence-corrected chi connectivity index (χ3v) is 6.59. The van der Waals surface area contributed by atoms with E-state index in [0.717, 1.165) is 16.7 Å². The molecule has 9 heteroatoms. The zero-order valence-corrected chi connectivity index (χ0v) is 21.0. The molecule has 4 aromatic rings. The van der Waals surface area contributed by atoms with Crippen LogP contribution in [0.1, 0.15) is 22.3 Å². The highest BCUT2D eigenvalue weighted by Gasteiger charge is 2.45. The first kappa shape index (κ1) is 25.8. The first-order chi connectivity index (χ1) is 18.7. The first-order valence-electron chi connectivity index (χ1n) is 11.9. The number of esters is 1. The molecule has 0 amide bonds. The normalized spacial score (nSPS) is 16.3. The largest absolute Gasteiger partial charge is 0.497 e. The van der Waals surface area contributed by atoms with Crippen LogP contribution >= 0.6 is 0 Å². The third-order valence-electron chi connectivity index (χ3n) is 6.59. The number of nitrogens with two attached hydrogens (primary N) is 1. The van der Waals surface area contributed by atoms with Crippen LogP contribution in [0.4, 0.5) is 13.2 Å². The van der Waals surface area contributed by atoms with Gasteiger partial charge in [0.15, 0.2) is 11.5 Å². The van der Waals surface area contributed by atoms with Gasteiger partial charge in [-0.2, -0.15) is 13.2 Å². The van der Waals surface area contributed by atoms with Crippen molar-refractivity contribution in [2.75, 3.05) is 14.2 Å². The van der Waals surface area contributed by atoms with Crippen LogP contribution in [0.25, 0.3) is 11.1 Å². The number of alkyl halides is 3. The molecule has 0 radical (unpaired) electrons. The number of hydrogen-bond donors (Lipinski definition) is 1. The van der Waals surface area contributed by atoms with Gasteiger partial charge in [-0.15, -0.1) is 0 Å². The summed E-state index contributed by atoms with van der Waals surface area (Å²) in [7, 11) is 2.85. The molecule has 1 aliphatic heterocycles. The lowest BCUT2D eigenvalue weighted by Crippen LogP contribution is -2.29. The van der Waals surface area contributed by atoms with Gasteiger partial charge in [0, 0.05) is 11.1 Å². The van der Waals surface area contributed by atoms with Crippen LogP contribution in [-0.4, -0.2) is 32.2 Å². The van der Waals surface area contributed by atoms with Crippen molar-refractivity contribution in [1.82, 2.24) is 0 Å². The molecule has 39 heavy (non-hydrogen) atoms. The van der Waals surface area contributed by atoms with E-state index < -0.39 is 17.7 Å². The number of rotatable bonds is 6. The van der Waals surface area contributed by atoms with Crippen molar-refractivity contribution in [3.8, 4) is 28.4 Å². The fraction of sp³-hybridized carbons (Fsp3) is 0.133. The van der Waals surface area contributed by atoms with Crippen molar-refractivity contribution in [3.05, 3.63) is 113 Å². The lowest BCUT2D eigenvalue weighted by molar-refractivity contribution is -0.189. The molecule has 4 aromatic carbocycles. The highest BCUT2D eigenvalue weighted by Crippen LogP contribution is 2.50. The van der Waals surface area contributed by atoms with Crippen LogP contribution in [0.3, 0.4) is 0 Å². The van der Waals surface area contributed by atoms with Crippen molar-refractivity contribution >= 4 is 11.8 Å². The summed E-state index contributed by atoms with van der Waals surface area (Å²) in [5, 5.41) is 0. The summed E-state index contributed by atoms with van der Waals surface area (Å²) in [5.74, 6) is -1.86. The molecular formula is C30H23F3N2O4. The van der Waals surface area contributed by atoms with Crippen molar-refractivity contribution in [2.24, 2.45) is 10.7 Å². The predicted molar refractivity (Wildman–Crippen MR) is 140 cm³/mol. The van der Waals surface area contributed by atoms with Gasteiger partial charge in [-0.25, -0.2) is 9.79 Å². The molecule has 1 aliphatic rings. The second-order valence-electron chi connectivity index (χ2n) is 8.79. The molecule has 0 aromatic heterocycles. The van der Waals surface area contributed by atoms with E-state index in [1.54, 1.807) is 55.6 Å². The van der Waals surface area contributed by atoms with Gasteiger partial charge in [0.2, 0.25) is 0 Å². The Bertz CT molecular complexity index is 1570. The Labute approximate surface area is 222 Å². The quantitative estimate of drug-likeness (QED) is 0.249. The predicted octanol–water partition coefficient (Wildman–Crippen LogP) is 5.85. The SMILES string of the molecule is COc1ccc(C2(c3cc(OC)c(OC(=O)C(F)(F)F)c(-c4ccccc4)c3)N=C(N)c3ccccc32)cc1. The molecule has 0 saturated carbocycles. The number of amidine groups is 1. The van der Waals surface area contributed by atoms with E-state index in [4.69, 9.17) is 24.9 Å². The molecule has 0 aliphatic carbocycles. The van der Waals surface area contributed by atoms with Gasteiger partial charge >= 0.3 is 12.1 Å². The second kappa shape index (κ2) is 9.83. The highest BCUT2D eigenvalue weighted by molar-refractivity contribution is 6.03. The smallest absolute Gasteiger partial charge is 0.491 e. The molecule has 2 N–H and O–H groups in total. The first-order valence-corrected chi connectivity index (χ1v) is 11.9. The number of carbonyl (C=O) groups excluding carboxylic acids is 1. The Hall–Kier alpha value is -4.79. The van der Waals surface area contributed by atoms with Crippen molar-refractivity contribution in [2.45, 2.75) is 11.7 Å².